The molecule has 0 unspecified atom stereocenters. The van der Waals surface area contributed by atoms with Gasteiger partial charge in [-0.3, -0.25) is 0 Å². The number of aliphatic hydroxyl groups is 1. The van der Waals surface area contributed by atoms with Crippen molar-refractivity contribution in [2.45, 2.75) is 6.61 Å². The summed E-state index contributed by atoms with van der Waals surface area (Å²) in [6.45, 7) is -0.358. The predicted octanol–water partition coefficient (Wildman–Crippen LogP) is 2.11. The Bertz CT molecular complexity index is 482. The zero-order chi connectivity index (χ0) is 10.8. The second-order valence-corrected chi connectivity index (χ2v) is 2.91. The van der Waals surface area contributed by atoms with Crippen molar-refractivity contribution < 1.29 is 18.3 Å². The van der Waals surface area contributed by atoms with Crippen LogP contribution in [-0.4, -0.2) is 10.1 Å². The number of aliphatic hydroxyl groups excluding tert-OH is 1. The molecule has 0 radical (unpaired) electrons. The first kappa shape index (κ1) is 9.79. The van der Waals surface area contributed by atoms with Gasteiger partial charge < -0.3 is 9.52 Å². The fourth-order valence-electron chi connectivity index (χ4n) is 1.27. The summed E-state index contributed by atoms with van der Waals surface area (Å²) in [6, 6.07) is 3.10. The molecule has 1 aromatic carbocycles. The smallest absolute Gasteiger partial charge is 0.181 e. The molecular formula is C10H7F2NO2. The Balaban J connectivity index is 2.54. The number of hydrogen-bond acceptors (Lipinski definition) is 3. The van der Waals surface area contributed by atoms with Gasteiger partial charge in [0.1, 0.15) is 17.3 Å². The van der Waals surface area contributed by atoms with Crippen molar-refractivity contribution in [2.24, 2.45) is 0 Å². The zero-order valence-corrected chi connectivity index (χ0v) is 7.58. The summed E-state index contributed by atoms with van der Waals surface area (Å²) in [5.41, 5.74) is 0.304. The van der Waals surface area contributed by atoms with Gasteiger partial charge in [0.05, 0.1) is 12.2 Å². The van der Waals surface area contributed by atoms with Crippen LogP contribution >= 0.6 is 0 Å². The van der Waals surface area contributed by atoms with Gasteiger partial charge in [0.25, 0.3) is 0 Å². The second-order valence-electron chi connectivity index (χ2n) is 2.91. The summed E-state index contributed by atoms with van der Waals surface area (Å²) >= 11 is 0. The summed E-state index contributed by atoms with van der Waals surface area (Å²) in [4.78, 5) is 3.70. The minimum Gasteiger partial charge on any atom is -0.443 e. The Morgan fingerprint density at radius 2 is 2.13 bits per heavy atom. The van der Waals surface area contributed by atoms with Gasteiger partial charge >= 0.3 is 0 Å². The molecule has 3 nitrogen and oxygen atoms in total. The monoisotopic (exact) mass is 211 g/mol. The number of rotatable bonds is 2. The number of aromatic nitrogens is 1. The van der Waals surface area contributed by atoms with Crippen LogP contribution in [0.15, 0.2) is 29.0 Å². The first-order chi connectivity index (χ1) is 7.22. The maximum atomic E-state index is 13.3. The molecule has 1 N–H and O–H groups in total. The predicted molar refractivity (Wildman–Crippen MR) is 47.8 cm³/mol. The largest absolute Gasteiger partial charge is 0.443 e. The molecule has 0 saturated heterocycles. The Labute approximate surface area is 84.0 Å². The van der Waals surface area contributed by atoms with Crippen molar-refractivity contribution in [1.82, 2.24) is 4.98 Å². The molecule has 0 amide bonds. The van der Waals surface area contributed by atoms with Crippen LogP contribution in [0.2, 0.25) is 0 Å². The maximum absolute atomic E-state index is 13.3. The van der Waals surface area contributed by atoms with Gasteiger partial charge in [0.2, 0.25) is 0 Å². The average molecular weight is 211 g/mol. The number of halogens is 2. The first-order valence-corrected chi connectivity index (χ1v) is 4.21. The average Bonchev–Trinajstić information content (AvgIpc) is 2.65. The number of nitrogens with zero attached hydrogens (tertiary/aromatic N) is 1. The van der Waals surface area contributed by atoms with Crippen LogP contribution in [-0.2, 0) is 6.61 Å². The molecule has 78 valence electrons. The van der Waals surface area contributed by atoms with Gasteiger partial charge in [-0.05, 0) is 12.1 Å². The number of benzene rings is 1. The van der Waals surface area contributed by atoms with E-state index in [1.165, 1.54) is 6.07 Å². The van der Waals surface area contributed by atoms with Crippen LogP contribution in [0, 0.1) is 11.6 Å². The van der Waals surface area contributed by atoms with E-state index in [0.29, 0.717) is 0 Å². The maximum Gasteiger partial charge on any atom is 0.181 e. The molecule has 5 heteroatoms. The van der Waals surface area contributed by atoms with Gasteiger partial charge in [0, 0.05) is 6.07 Å². The third-order valence-electron chi connectivity index (χ3n) is 1.97. The topological polar surface area (TPSA) is 46.3 Å². The molecule has 2 aromatic rings. The minimum absolute atomic E-state index is 0.0814. The van der Waals surface area contributed by atoms with Gasteiger partial charge in [0.15, 0.2) is 12.2 Å². The van der Waals surface area contributed by atoms with Crippen LogP contribution in [0.1, 0.15) is 5.69 Å². The molecule has 0 bridgehead atoms. The quantitative estimate of drug-likeness (QED) is 0.827. The fraction of sp³-hybridized carbons (Fsp3) is 0.100. The first-order valence-electron chi connectivity index (χ1n) is 4.21. The lowest BCUT2D eigenvalue weighted by molar-refractivity contribution is 0.277. The van der Waals surface area contributed by atoms with E-state index in [2.05, 4.69) is 4.98 Å². The molecule has 0 spiro atoms. The Morgan fingerprint density at radius 1 is 1.33 bits per heavy atom. The normalized spacial score (nSPS) is 10.6. The molecule has 1 aromatic heterocycles. The Kier molecular flexibility index (Phi) is 2.47. The molecule has 0 fully saturated rings. The summed E-state index contributed by atoms with van der Waals surface area (Å²) in [7, 11) is 0. The van der Waals surface area contributed by atoms with Crippen LogP contribution in [0.4, 0.5) is 8.78 Å². The van der Waals surface area contributed by atoms with Crippen molar-refractivity contribution >= 4 is 0 Å². The third kappa shape index (κ3) is 1.73. The molecule has 1 heterocycles. The van der Waals surface area contributed by atoms with E-state index in [-0.39, 0.29) is 23.6 Å². The molecule has 0 aliphatic carbocycles. The van der Waals surface area contributed by atoms with Crippen LogP contribution in [0.3, 0.4) is 0 Å². The fourth-order valence-corrected chi connectivity index (χ4v) is 1.27. The lowest BCUT2D eigenvalue weighted by Crippen LogP contribution is -1.90. The van der Waals surface area contributed by atoms with Crippen molar-refractivity contribution in [3.63, 3.8) is 0 Å². The van der Waals surface area contributed by atoms with Crippen molar-refractivity contribution in [3.05, 3.63) is 41.9 Å². The van der Waals surface area contributed by atoms with Gasteiger partial charge in [-0.25, -0.2) is 13.8 Å². The molecule has 0 aliphatic rings. The highest BCUT2D eigenvalue weighted by Crippen LogP contribution is 2.26. The molecule has 2 rings (SSSR count). The Morgan fingerprint density at radius 3 is 2.80 bits per heavy atom. The SMILES string of the molecule is OCc1ncoc1-c1ccc(F)cc1F. The van der Waals surface area contributed by atoms with E-state index in [1.54, 1.807) is 0 Å². The van der Waals surface area contributed by atoms with E-state index in [0.717, 1.165) is 18.5 Å². The summed E-state index contributed by atoms with van der Waals surface area (Å²) in [6.07, 6.45) is 1.10. The number of oxazole rings is 1. The summed E-state index contributed by atoms with van der Waals surface area (Å²) in [5.74, 6) is -1.29. The number of hydrogen-bond donors (Lipinski definition) is 1. The molecule has 0 aliphatic heterocycles. The van der Waals surface area contributed by atoms with E-state index < -0.39 is 11.6 Å². The van der Waals surface area contributed by atoms with Gasteiger partial charge in [-0.1, -0.05) is 0 Å². The van der Waals surface area contributed by atoms with Gasteiger partial charge in [-0.15, -0.1) is 0 Å². The summed E-state index contributed by atoms with van der Waals surface area (Å²) < 4.78 is 30.9. The lowest BCUT2D eigenvalue weighted by Gasteiger charge is -2.00. The van der Waals surface area contributed by atoms with Crippen LogP contribution in [0.25, 0.3) is 11.3 Å². The van der Waals surface area contributed by atoms with E-state index in [9.17, 15) is 8.78 Å². The third-order valence-corrected chi connectivity index (χ3v) is 1.97. The minimum atomic E-state index is -0.749. The highest BCUT2D eigenvalue weighted by atomic mass is 19.1. The van der Waals surface area contributed by atoms with E-state index in [4.69, 9.17) is 9.52 Å². The molecule has 0 saturated carbocycles. The van der Waals surface area contributed by atoms with Gasteiger partial charge in [-0.2, -0.15) is 0 Å². The highest BCUT2D eigenvalue weighted by Gasteiger charge is 2.14. The highest BCUT2D eigenvalue weighted by molar-refractivity contribution is 5.60. The van der Waals surface area contributed by atoms with E-state index in [1.807, 2.05) is 0 Å². The van der Waals surface area contributed by atoms with Crippen molar-refractivity contribution in [3.8, 4) is 11.3 Å². The molecular weight excluding hydrogens is 204 g/mol. The second kappa shape index (κ2) is 3.78. The van der Waals surface area contributed by atoms with Crippen LogP contribution < -0.4 is 0 Å². The van der Waals surface area contributed by atoms with Crippen molar-refractivity contribution in [1.29, 1.82) is 0 Å². The zero-order valence-electron chi connectivity index (χ0n) is 7.58. The summed E-state index contributed by atoms with van der Waals surface area (Å²) in [5, 5.41) is 8.90. The molecule has 0 atom stereocenters. The Hall–Kier alpha value is -1.75. The lowest BCUT2D eigenvalue weighted by atomic mass is 10.1. The van der Waals surface area contributed by atoms with E-state index >= 15 is 0 Å². The standard InChI is InChI=1S/C10H7F2NO2/c11-6-1-2-7(8(12)3-6)10-9(4-14)13-5-15-10/h1-3,5,14H,4H2. The molecule has 15 heavy (non-hydrogen) atoms. The van der Waals surface area contributed by atoms with Crippen molar-refractivity contribution in [2.75, 3.05) is 0 Å². The van der Waals surface area contributed by atoms with Crippen LogP contribution in [0.5, 0.6) is 0 Å².